The van der Waals surface area contributed by atoms with E-state index in [4.69, 9.17) is 0 Å². The lowest BCUT2D eigenvalue weighted by Crippen LogP contribution is -2.61. The first-order chi connectivity index (χ1) is 7.24. The lowest BCUT2D eigenvalue weighted by molar-refractivity contribution is -0.148. The first-order valence-corrected chi connectivity index (χ1v) is 5.49. The molecule has 92 valence electrons. The van der Waals surface area contributed by atoms with Crippen LogP contribution >= 0.6 is 0 Å². The highest BCUT2D eigenvalue weighted by molar-refractivity contribution is 5.91. The van der Waals surface area contributed by atoms with E-state index in [2.05, 4.69) is 10.6 Å². The normalized spacial score (nSPS) is 20.0. The molecule has 0 heterocycles. The molecular formula is C11H20N2O3. The Morgan fingerprint density at radius 3 is 2.06 bits per heavy atom. The van der Waals surface area contributed by atoms with Crippen molar-refractivity contribution < 1.29 is 14.7 Å². The molecule has 0 aliphatic heterocycles. The van der Waals surface area contributed by atoms with Gasteiger partial charge >= 0.3 is 5.97 Å². The standard InChI is InChI=1S/C11H20N2O3/c1-10(2,12-4)8(14)13-11(3,9(15)16)7-5-6-7/h7,12H,5-6H2,1-4H3,(H,13,14)(H,15,16). The van der Waals surface area contributed by atoms with Crippen molar-refractivity contribution in [3.8, 4) is 0 Å². The van der Waals surface area contributed by atoms with E-state index in [0.29, 0.717) is 0 Å². The van der Waals surface area contributed by atoms with Crippen LogP contribution in [0.5, 0.6) is 0 Å². The van der Waals surface area contributed by atoms with E-state index >= 15 is 0 Å². The van der Waals surface area contributed by atoms with Crippen molar-refractivity contribution in [1.29, 1.82) is 0 Å². The van der Waals surface area contributed by atoms with Crippen molar-refractivity contribution in [2.45, 2.75) is 44.7 Å². The van der Waals surface area contributed by atoms with E-state index in [0.717, 1.165) is 12.8 Å². The van der Waals surface area contributed by atoms with Crippen molar-refractivity contribution in [1.82, 2.24) is 10.6 Å². The van der Waals surface area contributed by atoms with Crippen molar-refractivity contribution in [3.05, 3.63) is 0 Å². The smallest absolute Gasteiger partial charge is 0.329 e. The number of aliphatic carboxylic acids is 1. The molecule has 0 saturated heterocycles. The fourth-order valence-electron chi connectivity index (χ4n) is 1.50. The lowest BCUT2D eigenvalue weighted by Gasteiger charge is -2.31. The van der Waals surface area contributed by atoms with E-state index in [9.17, 15) is 14.7 Å². The first-order valence-electron chi connectivity index (χ1n) is 5.49. The maximum absolute atomic E-state index is 11.9. The molecule has 0 spiro atoms. The van der Waals surface area contributed by atoms with Gasteiger partial charge in [-0.1, -0.05) is 0 Å². The van der Waals surface area contributed by atoms with Crippen LogP contribution in [0.25, 0.3) is 0 Å². The van der Waals surface area contributed by atoms with Gasteiger partial charge < -0.3 is 15.7 Å². The number of hydrogen-bond donors (Lipinski definition) is 3. The van der Waals surface area contributed by atoms with Crippen LogP contribution in [-0.4, -0.2) is 35.1 Å². The van der Waals surface area contributed by atoms with Crippen LogP contribution in [0, 0.1) is 5.92 Å². The summed E-state index contributed by atoms with van der Waals surface area (Å²) in [5.41, 5.74) is -1.89. The summed E-state index contributed by atoms with van der Waals surface area (Å²) in [4.78, 5) is 23.1. The summed E-state index contributed by atoms with van der Waals surface area (Å²) in [6.45, 7) is 5.02. The van der Waals surface area contributed by atoms with Gasteiger partial charge in [0.05, 0.1) is 5.54 Å². The second-order valence-electron chi connectivity index (χ2n) is 5.11. The largest absolute Gasteiger partial charge is 0.480 e. The zero-order valence-corrected chi connectivity index (χ0v) is 10.3. The summed E-state index contributed by atoms with van der Waals surface area (Å²) in [5.74, 6) is -1.19. The number of rotatable bonds is 5. The molecule has 1 unspecified atom stereocenters. The Morgan fingerprint density at radius 2 is 1.75 bits per heavy atom. The van der Waals surface area contributed by atoms with Gasteiger partial charge in [0.15, 0.2) is 0 Å². The molecule has 1 atom stereocenters. The fraction of sp³-hybridized carbons (Fsp3) is 0.818. The van der Waals surface area contributed by atoms with Gasteiger partial charge in [0.25, 0.3) is 0 Å². The van der Waals surface area contributed by atoms with Gasteiger partial charge in [0.2, 0.25) is 5.91 Å². The van der Waals surface area contributed by atoms with Crippen molar-refractivity contribution in [2.24, 2.45) is 5.92 Å². The van der Waals surface area contributed by atoms with Gasteiger partial charge in [-0.15, -0.1) is 0 Å². The predicted molar refractivity (Wildman–Crippen MR) is 60.0 cm³/mol. The fourth-order valence-corrected chi connectivity index (χ4v) is 1.50. The highest BCUT2D eigenvalue weighted by atomic mass is 16.4. The Morgan fingerprint density at radius 1 is 1.25 bits per heavy atom. The summed E-state index contributed by atoms with van der Waals surface area (Å²) >= 11 is 0. The van der Waals surface area contributed by atoms with E-state index in [-0.39, 0.29) is 11.8 Å². The third-order valence-corrected chi connectivity index (χ3v) is 3.40. The number of carboxylic acids is 1. The number of carbonyl (C=O) groups is 2. The maximum atomic E-state index is 11.9. The topological polar surface area (TPSA) is 78.4 Å². The number of nitrogens with one attached hydrogen (secondary N) is 2. The summed E-state index contributed by atoms with van der Waals surface area (Å²) in [7, 11) is 1.68. The molecule has 1 saturated carbocycles. The summed E-state index contributed by atoms with van der Waals surface area (Å²) in [6.07, 6.45) is 1.73. The van der Waals surface area contributed by atoms with Crippen molar-refractivity contribution in [2.75, 3.05) is 7.05 Å². The zero-order chi connectivity index (χ0) is 12.6. The Hall–Kier alpha value is -1.10. The Balaban J connectivity index is 2.77. The van der Waals surface area contributed by atoms with Gasteiger partial charge in [0.1, 0.15) is 5.54 Å². The molecule has 0 aromatic heterocycles. The molecule has 0 aromatic carbocycles. The molecule has 1 fully saturated rings. The third kappa shape index (κ3) is 2.35. The predicted octanol–water partition coefficient (Wildman–Crippen LogP) is 0.354. The number of carbonyl (C=O) groups excluding carboxylic acids is 1. The molecule has 0 radical (unpaired) electrons. The number of amides is 1. The molecule has 1 aliphatic rings. The minimum Gasteiger partial charge on any atom is -0.480 e. The molecule has 1 amide bonds. The Labute approximate surface area is 95.6 Å². The highest BCUT2D eigenvalue weighted by Crippen LogP contribution is 2.39. The Bertz CT molecular complexity index is 310. The molecule has 16 heavy (non-hydrogen) atoms. The van der Waals surface area contributed by atoms with Gasteiger partial charge in [-0.05, 0) is 46.6 Å². The summed E-state index contributed by atoms with van der Waals surface area (Å²) in [5, 5.41) is 14.7. The highest BCUT2D eigenvalue weighted by Gasteiger charge is 2.49. The monoisotopic (exact) mass is 228 g/mol. The van der Waals surface area contributed by atoms with Gasteiger partial charge in [-0.2, -0.15) is 0 Å². The Kier molecular flexibility index (Phi) is 3.28. The van der Waals surface area contributed by atoms with Crippen LogP contribution in [-0.2, 0) is 9.59 Å². The number of hydrogen-bond acceptors (Lipinski definition) is 3. The number of likely N-dealkylation sites (N-methyl/N-ethyl adjacent to an activating group) is 1. The van der Waals surface area contributed by atoms with Gasteiger partial charge in [-0.25, -0.2) is 4.79 Å². The van der Waals surface area contributed by atoms with Crippen LogP contribution < -0.4 is 10.6 Å². The van der Waals surface area contributed by atoms with Crippen LogP contribution in [0.4, 0.5) is 0 Å². The SMILES string of the molecule is CNC(C)(C)C(=O)NC(C)(C(=O)O)C1CC1. The molecular weight excluding hydrogens is 208 g/mol. The average molecular weight is 228 g/mol. The summed E-state index contributed by atoms with van der Waals surface area (Å²) in [6, 6.07) is 0. The molecule has 0 bridgehead atoms. The molecule has 3 N–H and O–H groups in total. The minimum absolute atomic E-state index is 0.0570. The van der Waals surface area contributed by atoms with E-state index in [1.165, 1.54) is 0 Å². The second kappa shape index (κ2) is 4.05. The lowest BCUT2D eigenvalue weighted by atomic mass is 9.93. The van der Waals surface area contributed by atoms with Crippen LogP contribution in [0.15, 0.2) is 0 Å². The van der Waals surface area contributed by atoms with Crippen molar-refractivity contribution >= 4 is 11.9 Å². The third-order valence-electron chi connectivity index (χ3n) is 3.40. The van der Waals surface area contributed by atoms with Crippen molar-refractivity contribution in [3.63, 3.8) is 0 Å². The van der Waals surface area contributed by atoms with Crippen LogP contribution in [0.3, 0.4) is 0 Å². The van der Waals surface area contributed by atoms with E-state index in [1.807, 2.05) is 0 Å². The molecule has 0 aromatic rings. The molecule has 5 heteroatoms. The maximum Gasteiger partial charge on any atom is 0.329 e. The number of carboxylic acid groups (broad SMARTS) is 1. The zero-order valence-electron chi connectivity index (χ0n) is 10.3. The molecule has 5 nitrogen and oxygen atoms in total. The first kappa shape index (κ1) is 13.0. The van der Waals surface area contributed by atoms with Crippen LogP contribution in [0.2, 0.25) is 0 Å². The van der Waals surface area contributed by atoms with Crippen LogP contribution in [0.1, 0.15) is 33.6 Å². The molecule has 1 rings (SSSR count). The van der Waals surface area contributed by atoms with Gasteiger partial charge in [-0.3, -0.25) is 4.79 Å². The van der Waals surface area contributed by atoms with Gasteiger partial charge in [0, 0.05) is 0 Å². The van der Waals surface area contributed by atoms with E-state index in [1.54, 1.807) is 27.8 Å². The quantitative estimate of drug-likeness (QED) is 0.634. The summed E-state index contributed by atoms with van der Waals surface area (Å²) < 4.78 is 0. The average Bonchev–Trinajstić information content (AvgIpc) is 3.00. The molecule has 1 aliphatic carbocycles. The van der Waals surface area contributed by atoms with E-state index < -0.39 is 17.0 Å². The second-order valence-corrected chi connectivity index (χ2v) is 5.11. The minimum atomic E-state index is -1.13.